The quantitative estimate of drug-likeness (QED) is 0.869. The molecule has 0 unspecified atom stereocenters. The van der Waals surface area contributed by atoms with Gasteiger partial charge in [0.1, 0.15) is 17.0 Å². The van der Waals surface area contributed by atoms with Gasteiger partial charge in [0.15, 0.2) is 0 Å². The summed E-state index contributed by atoms with van der Waals surface area (Å²) in [5.41, 5.74) is -0.317. The van der Waals surface area contributed by atoms with Crippen LogP contribution in [0.15, 0.2) is 22.8 Å². The molecule has 0 fully saturated rings. The molecular formula is C11H15BrN2O2. The highest BCUT2D eigenvalue weighted by Gasteiger charge is 2.13. The maximum absolute atomic E-state index is 11.5. The van der Waals surface area contributed by atoms with Crippen LogP contribution in [0.25, 0.3) is 0 Å². The van der Waals surface area contributed by atoms with Gasteiger partial charge in [0.2, 0.25) is 0 Å². The normalized spacial score (nSPS) is 11.2. The lowest BCUT2D eigenvalue weighted by atomic mass is 10.2. The number of anilines is 1. The molecule has 0 aliphatic heterocycles. The standard InChI is InChI=1S/C11H15BrN2O2/c1-11(2,3)16-7-10(15)14-9-6-4-5-8(12)13-9/h4-6H,7H2,1-3H3,(H,13,14,15). The van der Waals surface area contributed by atoms with Gasteiger partial charge in [0.25, 0.3) is 5.91 Å². The predicted octanol–water partition coefficient (Wildman–Crippen LogP) is 2.60. The number of nitrogens with zero attached hydrogens (tertiary/aromatic N) is 1. The molecule has 1 aromatic rings. The summed E-state index contributed by atoms with van der Waals surface area (Å²) in [4.78, 5) is 15.6. The Morgan fingerprint density at radius 3 is 2.75 bits per heavy atom. The lowest BCUT2D eigenvalue weighted by Gasteiger charge is -2.18. The van der Waals surface area contributed by atoms with Crippen molar-refractivity contribution in [3.63, 3.8) is 0 Å². The van der Waals surface area contributed by atoms with Crippen molar-refractivity contribution in [3.8, 4) is 0 Å². The molecule has 0 aliphatic rings. The minimum Gasteiger partial charge on any atom is -0.366 e. The molecule has 0 atom stereocenters. The predicted molar refractivity (Wildman–Crippen MR) is 66.3 cm³/mol. The molecule has 0 saturated heterocycles. The summed E-state index contributed by atoms with van der Waals surface area (Å²) >= 11 is 3.23. The van der Waals surface area contributed by atoms with Crippen molar-refractivity contribution in [2.75, 3.05) is 11.9 Å². The van der Waals surface area contributed by atoms with Gasteiger partial charge in [-0.3, -0.25) is 4.79 Å². The molecule has 4 nitrogen and oxygen atoms in total. The second-order valence-electron chi connectivity index (χ2n) is 4.29. The third-order valence-electron chi connectivity index (χ3n) is 1.62. The van der Waals surface area contributed by atoms with Gasteiger partial charge in [-0.15, -0.1) is 0 Å². The van der Waals surface area contributed by atoms with Crippen molar-refractivity contribution in [2.24, 2.45) is 0 Å². The number of carbonyl (C=O) groups excluding carboxylic acids is 1. The third-order valence-corrected chi connectivity index (χ3v) is 2.06. The van der Waals surface area contributed by atoms with Gasteiger partial charge in [-0.2, -0.15) is 0 Å². The molecule has 0 saturated carbocycles. The minimum absolute atomic E-state index is 0.0255. The Morgan fingerprint density at radius 1 is 1.50 bits per heavy atom. The highest BCUT2D eigenvalue weighted by molar-refractivity contribution is 9.10. The Hall–Kier alpha value is -0.940. The number of halogens is 1. The van der Waals surface area contributed by atoms with Crippen LogP contribution in [0.4, 0.5) is 5.82 Å². The summed E-state index contributed by atoms with van der Waals surface area (Å²) in [6.07, 6.45) is 0. The van der Waals surface area contributed by atoms with Crippen LogP contribution in [0.1, 0.15) is 20.8 Å². The van der Waals surface area contributed by atoms with E-state index in [1.807, 2.05) is 20.8 Å². The van der Waals surface area contributed by atoms with Crippen molar-refractivity contribution in [2.45, 2.75) is 26.4 Å². The summed E-state index contributed by atoms with van der Waals surface area (Å²) in [6, 6.07) is 5.32. The first kappa shape index (κ1) is 13.1. The summed E-state index contributed by atoms with van der Waals surface area (Å²) in [7, 11) is 0. The van der Waals surface area contributed by atoms with E-state index in [4.69, 9.17) is 4.74 Å². The molecule has 0 aliphatic carbocycles. The van der Waals surface area contributed by atoms with E-state index < -0.39 is 0 Å². The van der Waals surface area contributed by atoms with E-state index in [2.05, 4.69) is 26.2 Å². The Labute approximate surface area is 104 Å². The summed E-state index contributed by atoms with van der Waals surface area (Å²) in [5.74, 6) is 0.303. The Bertz CT molecular complexity index is 374. The van der Waals surface area contributed by atoms with Gasteiger partial charge in [0.05, 0.1) is 5.60 Å². The Kier molecular flexibility index (Phi) is 4.44. The van der Waals surface area contributed by atoms with Gasteiger partial charge in [-0.1, -0.05) is 6.07 Å². The van der Waals surface area contributed by atoms with Crippen LogP contribution in [0.2, 0.25) is 0 Å². The first-order valence-corrected chi connectivity index (χ1v) is 5.72. The molecule has 88 valence electrons. The lowest BCUT2D eigenvalue weighted by molar-refractivity contribution is -0.125. The number of ether oxygens (including phenoxy) is 1. The van der Waals surface area contributed by atoms with Gasteiger partial charge >= 0.3 is 0 Å². The molecule has 0 bridgehead atoms. The molecular weight excluding hydrogens is 272 g/mol. The van der Waals surface area contributed by atoms with E-state index in [0.717, 1.165) is 0 Å². The molecule has 1 N–H and O–H groups in total. The molecule has 1 amide bonds. The molecule has 5 heteroatoms. The van der Waals surface area contributed by atoms with Crippen molar-refractivity contribution < 1.29 is 9.53 Å². The Morgan fingerprint density at radius 2 is 2.19 bits per heavy atom. The van der Waals surface area contributed by atoms with Crippen molar-refractivity contribution >= 4 is 27.7 Å². The van der Waals surface area contributed by atoms with E-state index in [1.165, 1.54) is 0 Å². The molecule has 1 heterocycles. The first-order valence-electron chi connectivity index (χ1n) is 4.93. The van der Waals surface area contributed by atoms with Crippen LogP contribution in [0, 0.1) is 0 Å². The molecule has 0 aromatic carbocycles. The minimum atomic E-state index is -0.317. The summed E-state index contributed by atoms with van der Waals surface area (Å²) < 4.78 is 6.02. The zero-order chi connectivity index (χ0) is 12.2. The average Bonchev–Trinajstić information content (AvgIpc) is 2.14. The fourth-order valence-corrected chi connectivity index (χ4v) is 1.28. The molecule has 16 heavy (non-hydrogen) atoms. The second-order valence-corrected chi connectivity index (χ2v) is 5.11. The molecule has 1 aromatic heterocycles. The molecule has 0 radical (unpaired) electrons. The van der Waals surface area contributed by atoms with E-state index >= 15 is 0 Å². The third kappa shape index (κ3) is 5.23. The highest BCUT2D eigenvalue weighted by Crippen LogP contribution is 2.10. The number of pyridine rings is 1. The van der Waals surface area contributed by atoms with E-state index in [-0.39, 0.29) is 18.1 Å². The van der Waals surface area contributed by atoms with Gasteiger partial charge < -0.3 is 10.1 Å². The van der Waals surface area contributed by atoms with Gasteiger partial charge in [-0.25, -0.2) is 4.98 Å². The molecule has 0 spiro atoms. The smallest absolute Gasteiger partial charge is 0.251 e. The zero-order valence-corrected chi connectivity index (χ0v) is 11.2. The topological polar surface area (TPSA) is 51.2 Å². The van der Waals surface area contributed by atoms with Crippen molar-refractivity contribution in [3.05, 3.63) is 22.8 Å². The number of nitrogens with one attached hydrogen (secondary N) is 1. The fourth-order valence-electron chi connectivity index (χ4n) is 0.939. The zero-order valence-electron chi connectivity index (χ0n) is 9.58. The highest BCUT2D eigenvalue weighted by atomic mass is 79.9. The second kappa shape index (κ2) is 5.41. The maximum Gasteiger partial charge on any atom is 0.251 e. The van der Waals surface area contributed by atoms with Crippen LogP contribution >= 0.6 is 15.9 Å². The molecule has 1 rings (SSSR count). The lowest BCUT2D eigenvalue weighted by Crippen LogP contribution is -2.27. The van der Waals surface area contributed by atoms with Crippen molar-refractivity contribution in [1.29, 1.82) is 0 Å². The van der Waals surface area contributed by atoms with Crippen LogP contribution < -0.4 is 5.32 Å². The van der Waals surface area contributed by atoms with E-state index in [0.29, 0.717) is 10.4 Å². The Balaban J connectivity index is 2.46. The monoisotopic (exact) mass is 286 g/mol. The summed E-state index contributed by atoms with van der Waals surface area (Å²) in [6.45, 7) is 5.73. The number of aromatic nitrogens is 1. The van der Waals surface area contributed by atoms with Crippen LogP contribution in [0.3, 0.4) is 0 Å². The first-order chi connectivity index (χ1) is 7.37. The van der Waals surface area contributed by atoms with E-state index in [1.54, 1.807) is 18.2 Å². The summed E-state index contributed by atoms with van der Waals surface area (Å²) in [5, 5.41) is 2.65. The van der Waals surface area contributed by atoms with Crippen LogP contribution in [0.5, 0.6) is 0 Å². The SMILES string of the molecule is CC(C)(C)OCC(=O)Nc1cccc(Br)n1. The van der Waals surface area contributed by atoms with Gasteiger partial charge in [-0.05, 0) is 48.8 Å². The van der Waals surface area contributed by atoms with Crippen molar-refractivity contribution in [1.82, 2.24) is 4.98 Å². The number of hydrogen-bond acceptors (Lipinski definition) is 3. The van der Waals surface area contributed by atoms with Gasteiger partial charge in [0, 0.05) is 0 Å². The fraction of sp³-hybridized carbons (Fsp3) is 0.455. The van der Waals surface area contributed by atoms with Crippen LogP contribution in [-0.4, -0.2) is 23.1 Å². The van der Waals surface area contributed by atoms with E-state index in [9.17, 15) is 4.79 Å². The largest absolute Gasteiger partial charge is 0.366 e. The number of carbonyl (C=O) groups is 1. The number of rotatable bonds is 3. The average molecular weight is 287 g/mol. The number of hydrogen-bond donors (Lipinski definition) is 1. The maximum atomic E-state index is 11.5. The van der Waals surface area contributed by atoms with Crippen LogP contribution in [-0.2, 0) is 9.53 Å². The number of amides is 1.